The Hall–Kier alpha value is -0.850. The molecule has 98 valence electrons. The minimum Gasteiger partial charge on any atom is -0.368 e. The molecule has 0 saturated heterocycles. The summed E-state index contributed by atoms with van der Waals surface area (Å²) in [7, 11) is 0. The van der Waals surface area contributed by atoms with Crippen LogP contribution in [0.4, 0.5) is 8.78 Å². The van der Waals surface area contributed by atoms with Gasteiger partial charge in [-0.3, -0.25) is 0 Å². The first-order chi connectivity index (χ1) is 8.49. The highest BCUT2D eigenvalue weighted by Crippen LogP contribution is 2.32. The van der Waals surface area contributed by atoms with E-state index in [4.69, 9.17) is 16.3 Å². The van der Waals surface area contributed by atoms with Gasteiger partial charge in [0.1, 0.15) is 23.2 Å². The van der Waals surface area contributed by atoms with Crippen molar-refractivity contribution in [1.29, 1.82) is 0 Å². The van der Waals surface area contributed by atoms with Gasteiger partial charge in [0.15, 0.2) is 5.82 Å². The molecule has 0 aliphatic carbocycles. The molecule has 7 heteroatoms. The largest absolute Gasteiger partial charge is 0.368 e. The fraction of sp³-hybridized carbons (Fsp3) is 0.455. The van der Waals surface area contributed by atoms with Crippen molar-refractivity contribution in [2.24, 2.45) is 0 Å². The second-order valence-electron chi connectivity index (χ2n) is 3.80. The summed E-state index contributed by atoms with van der Waals surface area (Å²) in [6.07, 6.45) is -2.49. The molecular weight excluding hydrogens is 282 g/mol. The first-order valence-electron chi connectivity index (χ1n) is 5.27. The number of hydrogen-bond donors (Lipinski definition) is 0. The van der Waals surface area contributed by atoms with Crippen molar-refractivity contribution in [3.05, 3.63) is 21.4 Å². The lowest BCUT2D eigenvalue weighted by atomic mass is 10.2. The maximum Gasteiger partial charge on any atom is 0.261 e. The molecule has 2 rings (SSSR count). The van der Waals surface area contributed by atoms with Crippen LogP contribution in [0, 0.1) is 13.8 Å². The van der Waals surface area contributed by atoms with E-state index in [1.807, 2.05) is 13.8 Å². The predicted octanol–water partition coefficient (Wildman–Crippen LogP) is 3.74. The molecule has 0 unspecified atom stereocenters. The van der Waals surface area contributed by atoms with Crippen LogP contribution in [0.25, 0.3) is 10.2 Å². The van der Waals surface area contributed by atoms with Crippen LogP contribution in [0.15, 0.2) is 0 Å². The lowest BCUT2D eigenvalue weighted by Gasteiger charge is -2.03. The standard InChI is InChI=1S/C11H11ClF2N2OS/c1-5-6(2)18-11-9(5)10(12)15-8(16-11)4-17-3-7(13)14/h7H,3-4H2,1-2H3. The third kappa shape index (κ3) is 2.76. The Kier molecular flexibility index (Phi) is 4.09. The average molecular weight is 293 g/mol. The van der Waals surface area contributed by atoms with E-state index in [0.29, 0.717) is 11.0 Å². The zero-order chi connectivity index (χ0) is 13.3. The second kappa shape index (κ2) is 5.42. The van der Waals surface area contributed by atoms with Crippen LogP contribution < -0.4 is 0 Å². The average Bonchev–Trinajstić information content (AvgIpc) is 2.54. The third-order valence-electron chi connectivity index (χ3n) is 2.51. The van der Waals surface area contributed by atoms with E-state index in [2.05, 4.69) is 9.97 Å². The van der Waals surface area contributed by atoms with E-state index in [1.165, 1.54) is 11.3 Å². The Morgan fingerprint density at radius 2 is 2.06 bits per heavy atom. The van der Waals surface area contributed by atoms with Crippen molar-refractivity contribution in [3.63, 3.8) is 0 Å². The Labute approximate surface area is 112 Å². The summed E-state index contributed by atoms with van der Waals surface area (Å²) in [5.41, 5.74) is 1.06. The SMILES string of the molecule is Cc1sc2nc(COCC(F)F)nc(Cl)c2c1C. The lowest BCUT2D eigenvalue weighted by Crippen LogP contribution is -2.06. The van der Waals surface area contributed by atoms with Gasteiger partial charge in [-0.1, -0.05) is 11.6 Å². The van der Waals surface area contributed by atoms with Crippen LogP contribution in [0.3, 0.4) is 0 Å². The molecule has 0 fully saturated rings. The number of nitrogens with zero attached hydrogens (tertiary/aromatic N) is 2. The molecule has 0 N–H and O–H groups in total. The van der Waals surface area contributed by atoms with Crippen LogP contribution in [0.1, 0.15) is 16.3 Å². The molecule has 0 amide bonds. The molecule has 2 aromatic rings. The first-order valence-corrected chi connectivity index (χ1v) is 6.46. The van der Waals surface area contributed by atoms with Gasteiger partial charge in [-0.25, -0.2) is 18.7 Å². The molecule has 3 nitrogen and oxygen atoms in total. The fourth-order valence-electron chi connectivity index (χ4n) is 1.55. The van der Waals surface area contributed by atoms with Crippen molar-refractivity contribution in [2.75, 3.05) is 6.61 Å². The number of fused-ring (bicyclic) bond motifs is 1. The Bertz CT molecular complexity index is 574. The van der Waals surface area contributed by atoms with Crippen LogP contribution in [0.2, 0.25) is 5.15 Å². The molecule has 0 aromatic carbocycles. The van der Waals surface area contributed by atoms with Crippen molar-refractivity contribution in [1.82, 2.24) is 9.97 Å². The minimum atomic E-state index is -2.49. The maximum absolute atomic E-state index is 11.9. The maximum atomic E-state index is 11.9. The number of hydrogen-bond acceptors (Lipinski definition) is 4. The second-order valence-corrected chi connectivity index (χ2v) is 5.36. The number of rotatable bonds is 4. The molecular formula is C11H11ClF2N2OS. The lowest BCUT2D eigenvalue weighted by molar-refractivity contribution is 0.00778. The number of thiophene rings is 1. The van der Waals surface area contributed by atoms with Crippen LogP contribution in [0.5, 0.6) is 0 Å². The van der Waals surface area contributed by atoms with Gasteiger partial charge in [-0.05, 0) is 19.4 Å². The minimum absolute atomic E-state index is 0.0595. The van der Waals surface area contributed by atoms with Gasteiger partial charge in [0, 0.05) is 4.88 Å². The number of ether oxygens (including phenoxy) is 1. The molecule has 0 radical (unpaired) electrons. The molecule has 0 aliphatic rings. The van der Waals surface area contributed by atoms with Crippen LogP contribution in [-0.2, 0) is 11.3 Å². The predicted molar refractivity (Wildman–Crippen MR) is 67.6 cm³/mol. The van der Waals surface area contributed by atoms with E-state index in [-0.39, 0.29) is 6.61 Å². The van der Waals surface area contributed by atoms with E-state index < -0.39 is 13.0 Å². The summed E-state index contributed by atoms with van der Waals surface area (Å²) in [6.45, 7) is 3.25. The highest BCUT2D eigenvalue weighted by atomic mass is 35.5. The van der Waals surface area contributed by atoms with E-state index >= 15 is 0 Å². The molecule has 18 heavy (non-hydrogen) atoms. The van der Waals surface area contributed by atoms with Crippen molar-refractivity contribution in [2.45, 2.75) is 26.9 Å². The summed E-state index contributed by atoms with van der Waals surface area (Å²) >= 11 is 7.58. The molecule has 0 atom stereocenters. The van der Waals surface area contributed by atoms with Crippen molar-refractivity contribution in [3.8, 4) is 0 Å². The summed E-state index contributed by atoms with van der Waals surface area (Å²) in [4.78, 5) is 10.2. The van der Waals surface area contributed by atoms with E-state index in [0.717, 1.165) is 20.7 Å². The number of aryl methyl sites for hydroxylation is 2. The van der Waals surface area contributed by atoms with Gasteiger partial charge in [0.05, 0.1) is 5.39 Å². The van der Waals surface area contributed by atoms with Gasteiger partial charge >= 0.3 is 0 Å². The normalized spacial score (nSPS) is 11.7. The molecule has 2 heterocycles. The first kappa shape index (κ1) is 13.6. The quantitative estimate of drug-likeness (QED) is 0.805. The molecule has 0 saturated carbocycles. The highest BCUT2D eigenvalue weighted by Gasteiger charge is 2.13. The fourth-order valence-corrected chi connectivity index (χ4v) is 2.98. The monoisotopic (exact) mass is 292 g/mol. The van der Waals surface area contributed by atoms with Gasteiger partial charge in [0.25, 0.3) is 6.43 Å². The Morgan fingerprint density at radius 3 is 2.72 bits per heavy atom. The summed E-state index contributed by atoms with van der Waals surface area (Å²) in [5.74, 6) is 0.328. The smallest absolute Gasteiger partial charge is 0.261 e. The van der Waals surface area contributed by atoms with E-state index in [1.54, 1.807) is 0 Å². The van der Waals surface area contributed by atoms with Crippen LogP contribution in [-0.4, -0.2) is 23.0 Å². The summed E-state index contributed by atoms with van der Waals surface area (Å²) < 4.78 is 28.7. The van der Waals surface area contributed by atoms with Gasteiger partial charge in [-0.15, -0.1) is 11.3 Å². The Balaban J connectivity index is 2.26. The molecule has 0 aliphatic heterocycles. The number of alkyl halides is 2. The number of aromatic nitrogens is 2. The third-order valence-corrected chi connectivity index (χ3v) is 3.88. The molecule has 2 aromatic heterocycles. The molecule has 0 spiro atoms. The van der Waals surface area contributed by atoms with Crippen molar-refractivity contribution < 1.29 is 13.5 Å². The van der Waals surface area contributed by atoms with Gasteiger partial charge < -0.3 is 4.74 Å². The van der Waals surface area contributed by atoms with Crippen LogP contribution >= 0.6 is 22.9 Å². The zero-order valence-corrected chi connectivity index (χ0v) is 11.4. The van der Waals surface area contributed by atoms with Gasteiger partial charge in [-0.2, -0.15) is 0 Å². The van der Waals surface area contributed by atoms with E-state index in [9.17, 15) is 8.78 Å². The topological polar surface area (TPSA) is 35.0 Å². The number of halogens is 3. The molecule has 0 bridgehead atoms. The van der Waals surface area contributed by atoms with Crippen molar-refractivity contribution >= 4 is 33.2 Å². The Morgan fingerprint density at radius 1 is 1.33 bits per heavy atom. The summed E-state index contributed by atoms with van der Waals surface area (Å²) in [6, 6.07) is 0. The summed E-state index contributed by atoms with van der Waals surface area (Å²) in [5, 5.41) is 1.18. The highest BCUT2D eigenvalue weighted by molar-refractivity contribution is 7.18. The van der Waals surface area contributed by atoms with Gasteiger partial charge in [0.2, 0.25) is 0 Å². The zero-order valence-electron chi connectivity index (χ0n) is 9.84.